The van der Waals surface area contributed by atoms with Crippen LogP contribution in [-0.4, -0.2) is 56.7 Å². The topological polar surface area (TPSA) is 53.6 Å². The molecule has 8 heteroatoms. The molecule has 2 saturated heterocycles. The molecule has 2 unspecified atom stereocenters. The van der Waals surface area contributed by atoms with Crippen LogP contribution < -0.4 is 10.6 Å². The number of nitrogens with one attached hydrogen (secondary N) is 2. The van der Waals surface area contributed by atoms with Crippen LogP contribution in [0.1, 0.15) is 30.9 Å². The Labute approximate surface area is 184 Å². The normalized spacial score (nSPS) is 24.5. The van der Waals surface area contributed by atoms with Crippen molar-refractivity contribution in [2.45, 2.75) is 25.3 Å². The highest BCUT2D eigenvalue weighted by atomic mass is 35.5. The minimum atomic E-state index is 0. The number of morpholine rings is 1. The van der Waals surface area contributed by atoms with Gasteiger partial charge in [-0.05, 0) is 55.5 Å². The Bertz CT molecular complexity index is 632. The molecule has 2 atom stereocenters. The number of ether oxygens (including phenoxy) is 1. The average molecular weight is 451 g/mol. The van der Waals surface area contributed by atoms with Crippen LogP contribution in [0.15, 0.2) is 24.3 Å². The fourth-order valence-corrected chi connectivity index (χ4v) is 4.67. The summed E-state index contributed by atoms with van der Waals surface area (Å²) in [6.45, 7) is 6.01. The van der Waals surface area contributed by atoms with Crippen LogP contribution in [0.4, 0.5) is 0 Å². The van der Waals surface area contributed by atoms with Gasteiger partial charge in [-0.25, -0.2) is 0 Å². The number of piperidine rings is 1. The number of hydrogen-bond acceptors (Lipinski definition) is 4. The van der Waals surface area contributed by atoms with E-state index in [4.69, 9.17) is 16.3 Å². The van der Waals surface area contributed by atoms with Crippen LogP contribution in [0, 0.1) is 11.3 Å². The van der Waals surface area contributed by atoms with Gasteiger partial charge in [0.1, 0.15) is 0 Å². The van der Waals surface area contributed by atoms with E-state index in [9.17, 15) is 4.79 Å². The zero-order valence-corrected chi connectivity index (χ0v) is 18.4. The van der Waals surface area contributed by atoms with Gasteiger partial charge in [-0.2, -0.15) is 0 Å². The molecule has 1 aliphatic carbocycles. The lowest BCUT2D eigenvalue weighted by molar-refractivity contribution is -0.123. The predicted octanol–water partition coefficient (Wildman–Crippen LogP) is 3.06. The molecule has 3 aliphatic rings. The van der Waals surface area contributed by atoms with Crippen molar-refractivity contribution in [2.24, 2.45) is 11.3 Å². The molecule has 0 aromatic heterocycles. The summed E-state index contributed by atoms with van der Waals surface area (Å²) in [5, 5.41) is 7.39. The molecule has 0 bridgehead atoms. The molecule has 2 heterocycles. The standard InChI is InChI=1S/C20H28ClN3O2.2ClH/c21-16-3-1-15(2-4-16)18(24-9-11-26-12-10-24)14-23-19(25)17-13-20(17)5-7-22-8-6-20;;/h1-4,17-18,22H,5-14H2,(H,23,25);2*1H. The number of carbonyl (C=O) groups is 1. The third-order valence-electron chi connectivity index (χ3n) is 6.32. The molecule has 4 rings (SSSR count). The first-order valence-corrected chi connectivity index (χ1v) is 10.1. The van der Waals surface area contributed by atoms with E-state index in [1.165, 1.54) is 5.56 Å². The third kappa shape index (κ3) is 5.32. The maximum Gasteiger partial charge on any atom is 0.223 e. The summed E-state index contributed by atoms with van der Waals surface area (Å²) >= 11 is 6.05. The van der Waals surface area contributed by atoms with Crippen molar-refractivity contribution in [1.29, 1.82) is 0 Å². The third-order valence-corrected chi connectivity index (χ3v) is 6.57. The van der Waals surface area contributed by atoms with Crippen LogP contribution in [0.5, 0.6) is 0 Å². The highest BCUT2D eigenvalue weighted by molar-refractivity contribution is 6.30. The molecule has 2 aliphatic heterocycles. The Morgan fingerprint density at radius 1 is 1.21 bits per heavy atom. The number of halogens is 3. The van der Waals surface area contributed by atoms with Gasteiger partial charge in [-0.1, -0.05) is 23.7 Å². The number of amides is 1. The van der Waals surface area contributed by atoms with Crippen molar-refractivity contribution in [1.82, 2.24) is 15.5 Å². The summed E-state index contributed by atoms with van der Waals surface area (Å²) in [4.78, 5) is 15.2. The van der Waals surface area contributed by atoms with Crippen molar-refractivity contribution in [2.75, 3.05) is 45.9 Å². The van der Waals surface area contributed by atoms with Crippen LogP contribution in [0.25, 0.3) is 0 Å². The van der Waals surface area contributed by atoms with Crippen LogP contribution in [0.3, 0.4) is 0 Å². The van der Waals surface area contributed by atoms with Crippen molar-refractivity contribution in [3.8, 4) is 0 Å². The second kappa shape index (κ2) is 10.5. The minimum Gasteiger partial charge on any atom is -0.379 e. The Balaban J connectivity index is 0.00000140. The maximum atomic E-state index is 12.8. The van der Waals surface area contributed by atoms with E-state index in [0.717, 1.165) is 63.7 Å². The molecule has 1 spiro atoms. The zero-order chi connectivity index (χ0) is 18.0. The molecular weight excluding hydrogens is 421 g/mol. The number of rotatable bonds is 5. The van der Waals surface area contributed by atoms with Gasteiger partial charge >= 0.3 is 0 Å². The molecule has 1 aromatic carbocycles. The number of hydrogen-bond donors (Lipinski definition) is 2. The predicted molar refractivity (Wildman–Crippen MR) is 117 cm³/mol. The van der Waals surface area contributed by atoms with Crippen molar-refractivity contribution < 1.29 is 9.53 Å². The zero-order valence-electron chi connectivity index (χ0n) is 16.0. The van der Waals surface area contributed by atoms with Crippen molar-refractivity contribution in [3.05, 3.63) is 34.9 Å². The smallest absolute Gasteiger partial charge is 0.223 e. The van der Waals surface area contributed by atoms with Crippen molar-refractivity contribution >= 4 is 42.3 Å². The number of benzene rings is 1. The molecule has 0 radical (unpaired) electrons. The number of nitrogens with zero attached hydrogens (tertiary/aromatic N) is 1. The molecule has 3 fully saturated rings. The van der Waals surface area contributed by atoms with Gasteiger partial charge < -0.3 is 15.4 Å². The maximum absolute atomic E-state index is 12.8. The Morgan fingerprint density at radius 2 is 1.86 bits per heavy atom. The summed E-state index contributed by atoms with van der Waals surface area (Å²) in [6, 6.07) is 8.16. The molecule has 158 valence electrons. The lowest BCUT2D eigenvalue weighted by Gasteiger charge is -2.35. The van der Waals surface area contributed by atoms with Gasteiger partial charge in [0, 0.05) is 30.6 Å². The van der Waals surface area contributed by atoms with Gasteiger partial charge in [-0.3, -0.25) is 9.69 Å². The fraction of sp³-hybridized carbons (Fsp3) is 0.650. The largest absolute Gasteiger partial charge is 0.379 e. The van der Waals surface area contributed by atoms with E-state index < -0.39 is 0 Å². The van der Waals surface area contributed by atoms with E-state index in [-0.39, 0.29) is 48.1 Å². The summed E-state index contributed by atoms with van der Waals surface area (Å²) < 4.78 is 5.50. The van der Waals surface area contributed by atoms with E-state index in [1.807, 2.05) is 12.1 Å². The average Bonchev–Trinajstić information content (AvgIpc) is 3.37. The Kier molecular flexibility index (Phi) is 8.86. The van der Waals surface area contributed by atoms with Crippen LogP contribution >= 0.6 is 36.4 Å². The molecule has 5 nitrogen and oxygen atoms in total. The molecule has 1 aromatic rings. The van der Waals surface area contributed by atoms with Gasteiger partial charge in [0.15, 0.2) is 0 Å². The summed E-state index contributed by atoms with van der Waals surface area (Å²) in [5.41, 5.74) is 1.48. The van der Waals surface area contributed by atoms with Crippen molar-refractivity contribution in [3.63, 3.8) is 0 Å². The minimum absolute atomic E-state index is 0. The highest BCUT2D eigenvalue weighted by Gasteiger charge is 2.57. The van der Waals surface area contributed by atoms with Crippen LogP contribution in [0.2, 0.25) is 5.02 Å². The quantitative estimate of drug-likeness (QED) is 0.724. The first-order chi connectivity index (χ1) is 12.7. The van der Waals surface area contributed by atoms with E-state index in [1.54, 1.807) is 0 Å². The first kappa shape index (κ1) is 23.7. The van der Waals surface area contributed by atoms with E-state index >= 15 is 0 Å². The van der Waals surface area contributed by atoms with Crippen LogP contribution in [-0.2, 0) is 9.53 Å². The Hall–Kier alpha value is -0.560. The van der Waals surface area contributed by atoms with Gasteiger partial charge in [0.2, 0.25) is 5.91 Å². The lowest BCUT2D eigenvalue weighted by Crippen LogP contribution is -2.44. The molecular formula is C20H30Cl3N3O2. The van der Waals surface area contributed by atoms with Gasteiger partial charge in [0.05, 0.1) is 19.3 Å². The molecule has 2 N–H and O–H groups in total. The number of carbonyl (C=O) groups excluding carboxylic acids is 1. The SMILES string of the molecule is Cl.Cl.O=C(NCC(c1ccc(Cl)cc1)N1CCOCC1)C1CC12CCNCC2. The van der Waals surface area contributed by atoms with Gasteiger partial charge in [0.25, 0.3) is 0 Å². The molecule has 28 heavy (non-hydrogen) atoms. The second-order valence-electron chi connectivity index (χ2n) is 7.83. The first-order valence-electron chi connectivity index (χ1n) is 9.74. The molecule has 1 amide bonds. The summed E-state index contributed by atoms with van der Waals surface area (Å²) in [7, 11) is 0. The second-order valence-corrected chi connectivity index (χ2v) is 8.27. The monoisotopic (exact) mass is 449 g/mol. The highest BCUT2D eigenvalue weighted by Crippen LogP contribution is 2.58. The van der Waals surface area contributed by atoms with E-state index in [2.05, 4.69) is 27.7 Å². The Morgan fingerprint density at radius 3 is 2.50 bits per heavy atom. The lowest BCUT2D eigenvalue weighted by atomic mass is 9.91. The van der Waals surface area contributed by atoms with E-state index in [0.29, 0.717) is 6.54 Å². The molecule has 1 saturated carbocycles. The summed E-state index contributed by atoms with van der Waals surface area (Å²) in [6.07, 6.45) is 3.33. The fourth-order valence-electron chi connectivity index (χ4n) is 4.55. The summed E-state index contributed by atoms with van der Waals surface area (Å²) in [5.74, 6) is 0.444. The van der Waals surface area contributed by atoms with Gasteiger partial charge in [-0.15, -0.1) is 24.8 Å².